The number of carboxylic acids is 1. The second kappa shape index (κ2) is 6.94. The zero-order chi connectivity index (χ0) is 21.7. The van der Waals surface area contributed by atoms with Crippen molar-refractivity contribution in [2.45, 2.75) is 13.0 Å². The molecule has 5 aromatic rings. The Kier molecular flexibility index (Phi) is 4.21. The number of pyridine rings is 1. The molecule has 0 spiro atoms. The normalized spacial score (nSPS) is 12.5. The first-order valence-electron chi connectivity index (χ1n) is 9.42. The van der Waals surface area contributed by atoms with Crippen LogP contribution >= 0.6 is 0 Å². The van der Waals surface area contributed by atoms with E-state index in [-0.39, 0.29) is 11.3 Å². The highest BCUT2D eigenvalue weighted by Gasteiger charge is 2.19. The Balaban J connectivity index is 1.62. The maximum Gasteiger partial charge on any atom is 0.356 e. The maximum atomic E-state index is 15.0. The summed E-state index contributed by atoms with van der Waals surface area (Å²) in [5, 5.41) is 14.2. The Morgan fingerprint density at radius 2 is 1.94 bits per heavy atom. The Morgan fingerprint density at radius 1 is 1.10 bits per heavy atom. The molecule has 1 unspecified atom stereocenters. The lowest BCUT2D eigenvalue weighted by molar-refractivity contribution is 0.0690. The van der Waals surface area contributed by atoms with Crippen LogP contribution in [0.3, 0.4) is 0 Å². The van der Waals surface area contributed by atoms with Gasteiger partial charge in [0.2, 0.25) is 0 Å². The number of carboxylic acid groups (broad SMARTS) is 1. The van der Waals surface area contributed by atoms with Crippen LogP contribution in [-0.2, 0) is 7.05 Å². The van der Waals surface area contributed by atoms with Crippen molar-refractivity contribution in [3.05, 3.63) is 66.4 Å². The summed E-state index contributed by atoms with van der Waals surface area (Å²) in [6, 6.07) is 4.56. The van der Waals surface area contributed by atoms with Gasteiger partial charge in [0.05, 0.1) is 30.3 Å². The molecule has 10 heteroatoms. The van der Waals surface area contributed by atoms with E-state index in [4.69, 9.17) is 0 Å². The molecule has 0 aliphatic carbocycles. The number of nitrogens with zero attached hydrogens (tertiary/aromatic N) is 7. The number of halogens is 1. The Hall–Kier alpha value is -4.21. The van der Waals surface area contributed by atoms with Crippen molar-refractivity contribution in [3.63, 3.8) is 0 Å². The summed E-state index contributed by atoms with van der Waals surface area (Å²) in [6.07, 6.45) is 7.94. The van der Waals surface area contributed by atoms with E-state index in [1.165, 1.54) is 12.4 Å². The van der Waals surface area contributed by atoms with Crippen molar-refractivity contribution in [1.29, 1.82) is 0 Å². The number of aromatic nitrogens is 7. The topological polar surface area (TPSA) is 112 Å². The quantitative estimate of drug-likeness (QED) is 0.478. The maximum absolute atomic E-state index is 15.0. The van der Waals surface area contributed by atoms with Crippen molar-refractivity contribution < 1.29 is 14.3 Å². The molecule has 0 saturated heterocycles. The van der Waals surface area contributed by atoms with Gasteiger partial charge in [0.15, 0.2) is 17.0 Å². The predicted molar refractivity (Wildman–Crippen MR) is 110 cm³/mol. The van der Waals surface area contributed by atoms with E-state index in [9.17, 15) is 14.3 Å². The zero-order valence-corrected chi connectivity index (χ0v) is 16.6. The Labute approximate surface area is 174 Å². The SMILES string of the molecule is CC(c1cc2cc(-c3cnn(C)c3)cnc2cc1F)n1cnc2ncc(C(=O)O)nc21. The molecule has 1 atom stereocenters. The average molecular weight is 417 g/mol. The lowest BCUT2D eigenvalue weighted by Crippen LogP contribution is -2.10. The molecule has 1 aromatic carbocycles. The number of imidazole rings is 1. The first-order chi connectivity index (χ1) is 14.9. The van der Waals surface area contributed by atoms with Crippen LogP contribution in [0.4, 0.5) is 4.39 Å². The third-order valence-corrected chi connectivity index (χ3v) is 5.21. The van der Waals surface area contributed by atoms with Gasteiger partial charge in [0.1, 0.15) is 5.82 Å². The van der Waals surface area contributed by atoms with Crippen molar-refractivity contribution >= 4 is 28.2 Å². The molecular formula is C21H16FN7O2. The highest BCUT2D eigenvalue weighted by Crippen LogP contribution is 2.29. The number of aromatic carboxylic acids is 1. The number of rotatable bonds is 4. The van der Waals surface area contributed by atoms with Gasteiger partial charge in [-0.2, -0.15) is 5.10 Å². The molecule has 5 rings (SSSR count). The summed E-state index contributed by atoms with van der Waals surface area (Å²) < 4.78 is 18.3. The van der Waals surface area contributed by atoms with Gasteiger partial charge in [-0.15, -0.1) is 0 Å². The second-order valence-electron chi connectivity index (χ2n) is 7.23. The van der Waals surface area contributed by atoms with Crippen molar-refractivity contribution in [2.24, 2.45) is 7.05 Å². The Bertz CT molecular complexity index is 1470. The van der Waals surface area contributed by atoms with Crippen LogP contribution in [0.25, 0.3) is 33.3 Å². The molecule has 0 saturated carbocycles. The Morgan fingerprint density at radius 3 is 2.68 bits per heavy atom. The predicted octanol–water partition coefficient (Wildman–Crippen LogP) is 3.22. The van der Waals surface area contributed by atoms with E-state index in [1.807, 2.05) is 19.3 Å². The van der Waals surface area contributed by atoms with E-state index in [2.05, 4.69) is 25.0 Å². The van der Waals surface area contributed by atoms with Gasteiger partial charge < -0.3 is 9.67 Å². The summed E-state index contributed by atoms with van der Waals surface area (Å²) in [6.45, 7) is 1.79. The van der Waals surface area contributed by atoms with Crippen molar-refractivity contribution in [2.75, 3.05) is 0 Å². The molecule has 0 aliphatic rings. The van der Waals surface area contributed by atoms with Gasteiger partial charge in [-0.3, -0.25) is 9.67 Å². The van der Waals surface area contributed by atoms with Crippen LogP contribution in [0, 0.1) is 5.82 Å². The third kappa shape index (κ3) is 3.18. The minimum absolute atomic E-state index is 0.203. The first kappa shape index (κ1) is 18.8. The van der Waals surface area contributed by atoms with E-state index >= 15 is 0 Å². The fourth-order valence-corrected chi connectivity index (χ4v) is 3.56. The molecule has 0 radical (unpaired) electrons. The molecule has 31 heavy (non-hydrogen) atoms. The number of fused-ring (bicyclic) bond motifs is 2. The molecule has 0 amide bonds. The summed E-state index contributed by atoms with van der Waals surface area (Å²) in [4.78, 5) is 28.0. The van der Waals surface area contributed by atoms with Crippen LogP contribution < -0.4 is 0 Å². The molecule has 9 nitrogen and oxygen atoms in total. The summed E-state index contributed by atoms with van der Waals surface area (Å²) in [5.74, 6) is -1.62. The lowest BCUT2D eigenvalue weighted by Gasteiger charge is -2.16. The number of benzene rings is 1. The van der Waals surface area contributed by atoms with Crippen molar-refractivity contribution in [3.8, 4) is 11.1 Å². The minimum atomic E-state index is -1.19. The van der Waals surface area contributed by atoms with Gasteiger partial charge in [-0.25, -0.2) is 24.1 Å². The summed E-state index contributed by atoms with van der Waals surface area (Å²) >= 11 is 0. The summed E-state index contributed by atoms with van der Waals surface area (Å²) in [5.41, 5.74) is 3.08. The van der Waals surface area contributed by atoms with Crippen molar-refractivity contribution in [1.82, 2.24) is 34.3 Å². The largest absolute Gasteiger partial charge is 0.476 e. The number of carbonyl (C=O) groups is 1. The number of hydrogen-bond acceptors (Lipinski definition) is 6. The van der Waals surface area contributed by atoms with Crippen LogP contribution in [0.15, 0.2) is 49.3 Å². The van der Waals surface area contributed by atoms with E-state index in [0.29, 0.717) is 16.7 Å². The highest BCUT2D eigenvalue weighted by atomic mass is 19.1. The first-order valence-corrected chi connectivity index (χ1v) is 9.42. The van der Waals surface area contributed by atoms with Crippen LogP contribution in [-0.4, -0.2) is 45.4 Å². The zero-order valence-electron chi connectivity index (χ0n) is 16.6. The molecule has 4 aromatic heterocycles. The van der Waals surface area contributed by atoms with Gasteiger partial charge >= 0.3 is 5.97 Å². The second-order valence-corrected chi connectivity index (χ2v) is 7.23. The van der Waals surface area contributed by atoms with Crippen LogP contribution in [0.2, 0.25) is 0 Å². The molecule has 1 N–H and O–H groups in total. The monoisotopic (exact) mass is 417 g/mol. The molecule has 4 heterocycles. The van der Waals surface area contributed by atoms with Gasteiger partial charge in [0.25, 0.3) is 0 Å². The molecule has 0 bridgehead atoms. The van der Waals surface area contributed by atoms with E-state index in [1.54, 1.807) is 34.6 Å². The standard InChI is InChI=1S/C21H16FN7O2/c1-11(29-10-25-19-20(29)27-18(8-24-19)21(30)31)15-4-12-3-13(14-7-26-28(2)9-14)6-23-17(12)5-16(15)22/h3-11H,1-2H3,(H,30,31). The number of aryl methyl sites for hydroxylation is 1. The molecular weight excluding hydrogens is 401 g/mol. The van der Waals surface area contributed by atoms with Gasteiger partial charge in [-0.1, -0.05) is 0 Å². The third-order valence-electron chi connectivity index (χ3n) is 5.21. The smallest absolute Gasteiger partial charge is 0.356 e. The van der Waals surface area contributed by atoms with Gasteiger partial charge in [0, 0.05) is 47.6 Å². The van der Waals surface area contributed by atoms with E-state index in [0.717, 1.165) is 22.7 Å². The van der Waals surface area contributed by atoms with Crippen LogP contribution in [0.1, 0.15) is 29.0 Å². The van der Waals surface area contributed by atoms with Crippen LogP contribution in [0.5, 0.6) is 0 Å². The fourth-order valence-electron chi connectivity index (χ4n) is 3.56. The molecule has 0 aliphatic heterocycles. The van der Waals surface area contributed by atoms with Gasteiger partial charge in [-0.05, 0) is 19.1 Å². The summed E-state index contributed by atoms with van der Waals surface area (Å²) in [7, 11) is 1.83. The minimum Gasteiger partial charge on any atom is -0.476 e. The highest BCUT2D eigenvalue weighted by molar-refractivity contribution is 5.87. The average Bonchev–Trinajstić information content (AvgIpc) is 3.38. The fraction of sp³-hybridized carbons (Fsp3) is 0.143. The molecule has 154 valence electrons. The molecule has 0 fully saturated rings. The lowest BCUT2D eigenvalue weighted by atomic mass is 10.0. The number of hydrogen-bond donors (Lipinski definition) is 1. The van der Waals surface area contributed by atoms with E-state index < -0.39 is 17.8 Å².